The Bertz CT molecular complexity index is 318. The first kappa shape index (κ1) is 11.6. The summed E-state index contributed by atoms with van der Waals surface area (Å²) in [6, 6.07) is 0.444. The molecule has 90 valence electrons. The molecule has 1 N–H and O–H groups in total. The summed E-state index contributed by atoms with van der Waals surface area (Å²) in [5.41, 5.74) is 1.21. The normalized spacial score (nSPS) is 22.5. The number of ether oxygens (including phenoxy) is 1. The first-order chi connectivity index (χ1) is 7.75. The molecule has 2 heterocycles. The highest BCUT2D eigenvalue weighted by molar-refractivity contribution is 4.99. The monoisotopic (exact) mass is 223 g/mol. The van der Waals surface area contributed by atoms with Gasteiger partial charge in [0.2, 0.25) is 0 Å². The van der Waals surface area contributed by atoms with Gasteiger partial charge in [0.1, 0.15) is 0 Å². The predicted molar refractivity (Wildman–Crippen MR) is 63.4 cm³/mol. The van der Waals surface area contributed by atoms with Crippen molar-refractivity contribution in [2.75, 3.05) is 13.2 Å². The van der Waals surface area contributed by atoms with Gasteiger partial charge in [0, 0.05) is 25.4 Å². The van der Waals surface area contributed by atoms with E-state index in [9.17, 15) is 0 Å². The Hall–Kier alpha value is -0.870. The second-order valence-corrected chi connectivity index (χ2v) is 4.58. The van der Waals surface area contributed by atoms with E-state index in [-0.39, 0.29) is 0 Å². The van der Waals surface area contributed by atoms with Crippen LogP contribution in [0.1, 0.15) is 25.3 Å². The second-order valence-electron chi connectivity index (χ2n) is 4.58. The zero-order valence-electron chi connectivity index (χ0n) is 10.1. The molecule has 0 radical (unpaired) electrons. The fourth-order valence-electron chi connectivity index (χ4n) is 2.12. The van der Waals surface area contributed by atoms with E-state index in [1.807, 2.05) is 10.9 Å². The molecule has 0 spiro atoms. The number of rotatable bonds is 5. The van der Waals surface area contributed by atoms with E-state index >= 15 is 0 Å². The molecule has 1 fully saturated rings. The minimum absolute atomic E-state index is 0.402. The van der Waals surface area contributed by atoms with Crippen molar-refractivity contribution in [3.63, 3.8) is 0 Å². The van der Waals surface area contributed by atoms with Gasteiger partial charge in [-0.25, -0.2) is 0 Å². The Morgan fingerprint density at radius 1 is 1.69 bits per heavy atom. The highest BCUT2D eigenvalue weighted by Gasteiger charge is 2.21. The SMILES string of the molecule is Cc1cnn(CCNC(C)C2CCCO2)c1. The summed E-state index contributed by atoms with van der Waals surface area (Å²) in [7, 11) is 0. The minimum Gasteiger partial charge on any atom is -0.377 e. The molecule has 0 aliphatic carbocycles. The molecule has 1 saturated heterocycles. The Morgan fingerprint density at radius 2 is 2.56 bits per heavy atom. The molecule has 4 heteroatoms. The highest BCUT2D eigenvalue weighted by Crippen LogP contribution is 2.15. The quantitative estimate of drug-likeness (QED) is 0.819. The van der Waals surface area contributed by atoms with Crippen LogP contribution in [0, 0.1) is 6.92 Å². The van der Waals surface area contributed by atoms with Gasteiger partial charge in [-0.05, 0) is 32.3 Å². The van der Waals surface area contributed by atoms with Crippen molar-refractivity contribution in [2.24, 2.45) is 0 Å². The molecule has 2 unspecified atom stereocenters. The maximum absolute atomic E-state index is 5.64. The average Bonchev–Trinajstić information content (AvgIpc) is 2.89. The van der Waals surface area contributed by atoms with Gasteiger partial charge >= 0.3 is 0 Å². The van der Waals surface area contributed by atoms with Gasteiger partial charge < -0.3 is 10.1 Å². The van der Waals surface area contributed by atoms with Gasteiger partial charge in [-0.3, -0.25) is 4.68 Å². The van der Waals surface area contributed by atoms with Crippen molar-refractivity contribution in [3.8, 4) is 0 Å². The molecule has 0 saturated carbocycles. The van der Waals surface area contributed by atoms with Gasteiger partial charge in [0.15, 0.2) is 0 Å². The third-order valence-electron chi connectivity index (χ3n) is 3.09. The van der Waals surface area contributed by atoms with Crippen molar-refractivity contribution >= 4 is 0 Å². The molecule has 0 bridgehead atoms. The van der Waals surface area contributed by atoms with Crippen molar-refractivity contribution in [1.82, 2.24) is 15.1 Å². The van der Waals surface area contributed by atoms with Gasteiger partial charge in [0.25, 0.3) is 0 Å². The summed E-state index contributed by atoms with van der Waals surface area (Å²) < 4.78 is 7.61. The zero-order valence-corrected chi connectivity index (χ0v) is 10.1. The van der Waals surface area contributed by atoms with Crippen molar-refractivity contribution in [3.05, 3.63) is 18.0 Å². The molecule has 4 nitrogen and oxygen atoms in total. The number of nitrogens with one attached hydrogen (secondary N) is 1. The van der Waals surface area contributed by atoms with Crippen LogP contribution in [0.2, 0.25) is 0 Å². The van der Waals surface area contributed by atoms with Gasteiger partial charge in [-0.2, -0.15) is 5.10 Å². The Morgan fingerprint density at radius 3 is 3.19 bits per heavy atom. The van der Waals surface area contributed by atoms with Crippen LogP contribution in [0.3, 0.4) is 0 Å². The third kappa shape index (κ3) is 3.06. The lowest BCUT2D eigenvalue weighted by Gasteiger charge is -2.19. The number of aryl methyl sites for hydroxylation is 1. The number of hydrogen-bond donors (Lipinski definition) is 1. The molecule has 1 aromatic rings. The van der Waals surface area contributed by atoms with E-state index in [4.69, 9.17) is 4.74 Å². The highest BCUT2D eigenvalue weighted by atomic mass is 16.5. The molecule has 1 aliphatic rings. The van der Waals surface area contributed by atoms with Crippen LogP contribution in [0.25, 0.3) is 0 Å². The predicted octanol–water partition coefficient (Wildman–Crippen LogP) is 1.35. The second kappa shape index (κ2) is 5.46. The van der Waals surface area contributed by atoms with E-state index in [0.29, 0.717) is 12.1 Å². The first-order valence-electron chi connectivity index (χ1n) is 6.10. The number of hydrogen-bond acceptors (Lipinski definition) is 3. The smallest absolute Gasteiger partial charge is 0.0726 e. The van der Waals surface area contributed by atoms with Crippen molar-refractivity contribution in [2.45, 2.75) is 45.4 Å². The van der Waals surface area contributed by atoms with Crippen LogP contribution < -0.4 is 5.32 Å². The van der Waals surface area contributed by atoms with Crippen molar-refractivity contribution in [1.29, 1.82) is 0 Å². The summed E-state index contributed by atoms with van der Waals surface area (Å²) in [6.07, 6.45) is 6.76. The molecular weight excluding hydrogens is 202 g/mol. The zero-order chi connectivity index (χ0) is 11.4. The average molecular weight is 223 g/mol. The molecule has 2 rings (SSSR count). The molecule has 2 atom stereocenters. The lowest BCUT2D eigenvalue weighted by Crippen LogP contribution is -2.38. The van der Waals surface area contributed by atoms with Crippen LogP contribution in [0.15, 0.2) is 12.4 Å². The molecule has 16 heavy (non-hydrogen) atoms. The summed E-state index contributed by atoms with van der Waals surface area (Å²) in [5.74, 6) is 0. The van der Waals surface area contributed by atoms with E-state index in [0.717, 1.165) is 19.7 Å². The lowest BCUT2D eigenvalue weighted by molar-refractivity contribution is 0.0834. The Balaban J connectivity index is 1.67. The Labute approximate surface area is 97.0 Å². The minimum atomic E-state index is 0.402. The van der Waals surface area contributed by atoms with Crippen LogP contribution >= 0.6 is 0 Å². The molecule has 0 amide bonds. The van der Waals surface area contributed by atoms with Gasteiger partial charge in [-0.1, -0.05) is 0 Å². The van der Waals surface area contributed by atoms with E-state index in [1.54, 1.807) is 0 Å². The molecule has 1 aliphatic heterocycles. The number of nitrogens with zero attached hydrogens (tertiary/aromatic N) is 2. The lowest BCUT2D eigenvalue weighted by atomic mass is 10.1. The Kier molecular flexibility index (Phi) is 3.96. The number of aromatic nitrogens is 2. The first-order valence-corrected chi connectivity index (χ1v) is 6.10. The standard InChI is InChI=1S/C12H21N3O/c1-10-8-14-15(9-10)6-5-13-11(2)12-4-3-7-16-12/h8-9,11-13H,3-7H2,1-2H3. The van der Waals surface area contributed by atoms with E-state index in [2.05, 4.69) is 30.5 Å². The van der Waals surface area contributed by atoms with Crippen LogP contribution in [-0.4, -0.2) is 35.1 Å². The maximum Gasteiger partial charge on any atom is 0.0726 e. The largest absolute Gasteiger partial charge is 0.377 e. The van der Waals surface area contributed by atoms with E-state index < -0.39 is 0 Å². The fraction of sp³-hybridized carbons (Fsp3) is 0.750. The third-order valence-corrected chi connectivity index (χ3v) is 3.09. The van der Waals surface area contributed by atoms with Crippen LogP contribution in [-0.2, 0) is 11.3 Å². The van der Waals surface area contributed by atoms with Crippen LogP contribution in [0.4, 0.5) is 0 Å². The van der Waals surface area contributed by atoms with Gasteiger partial charge in [0.05, 0.1) is 18.8 Å². The van der Waals surface area contributed by atoms with Crippen molar-refractivity contribution < 1.29 is 4.74 Å². The topological polar surface area (TPSA) is 39.1 Å². The summed E-state index contributed by atoms with van der Waals surface area (Å²) in [5, 5.41) is 7.75. The van der Waals surface area contributed by atoms with Gasteiger partial charge in [-0.15, -0.1) is 0 Å². The molecule has 0 aromatic carbocycles. The summed E-state index contributed by atoms with van der Waals surface area (Å²) >= 11 is 0. The molecular formula is C12H21N3O. The summed E-state index contributed by atoms with van der Waals surface area (Å²) in [6.45, 7) is 7.05. The van der Waals surface area contributed by atoms with E-state index in [1.165, 1.54) is 18.4 Å². The fourth-order valence-corrected chi connectivity index (χ4v) is 2.12. The maximum atomic E-state index is 5.64. The summed E-state index contributed by atoms with van der Waals surface area (Å²) in [4.78, 5) is 0. The van der Waals surface area contributed by atoms with Crippen LogP contribution in [0.5, 0.6) is 0 Å². The molecule has 1 aromatic heterocycles.